The van der Waals surface area contributed by atoms with E-state index in [1.165, 1.54) is 11.0 Å². The number of hydrogen-bond donors (Lipinski definition) is 1. The smallest absolute Gasteiger partial charge is 0.260 e. The van der Waals surface area contributed by atoms with Gasteiger partial charge in [-0.25, -0.2) is 13.2 Å². The topological polar surface area (TPSA) is 66.5 Å². The molecule has 192 valence electrons. The van der Waals surface area contributed by atoms with Crippen LogP contribution in [0.5, 0.6) is 0 Å². The average Bonchev–Trinajstić information content (AvgIpc) is 3.50. The Balaban J connectivity index is 1.50. The van der Waals surface area contributed by atoms with E-state index in [-0.39, 0.29) is 35.6 Å². The first-order valence-corrected chi connectivity index (χ1v) is 12.9. The second kappa shape index (κ2) is 10.3. The van der Waals surface area contributed by atoms with E-state index >= 15 is 4.39 Å². The fourth-order valence-electron chi connectivity index (χ4n) is 5.64. The second-order valence-corrected chi connectivity index (χ2v) is 10.8. The molecule has 35 heavy (non-hydrogen) atoms. The number of hydrogen-bond acceptors (Lipinski definition) is 3. The van der Waals surface area contributed by atoms with Gasteiger partial charge in [0.2, 0.25) is 5.91 Å². The molecule has 4 rings (SSSR count). The van der Waals surface area contributed by atoms with Crippen LogP contribution in [0.2, 0.25) is 0 Å². The Morgan fingerprint density at radius 1 is 1.06 bits per heavy atom. The van der Waals surface area contributed by atoms with Crippen LogP contribution in [0.1, 0.15) is 87.1 Å². The molecule has 8 heteroatoms. The maximum Gasteiger partial charge on any atom is 0.260 e. The van der Waals surface area contributed by atoms with Gasteiger partial charge in [0.1, 0.15) is 11.7 Å². The van der Waals surface area contributed by atoms with Crippen LogP contribution in [-0.2, 0) is 9.59 Å². The number of amides is 2. The fourth-order valence-corrected chi connectivity index (χ4v) is 5.64. The summed E-state index contributed by atoms with van der Waals surface area (Å²) in [5, 5.41) is 2.84. The summed E-state index contributed by atoms with van der Waals surface area (Å²) in [4.78, 5) is 40.0. The summed E-state index contributed by atoms with van der Waals surface area (Å²) in [6.07, 6.45) is 5.61. The number of carbonyl (C=O) groups excluding carboxylic acids is 3. The van der Waals surface area contributed by atoms with Crippen molar-refractivity contribution in [2.75, 3.05) is 13.1 Å². The molecule has 3 atom stereocenters. The monoisotopic (exact) mass is 492 g/mol. The highest BCUT2D eigenvalue weighted by molar-refractivity contribution is 5.98. The molecule has 0 spiro atoms. The zero-order valence-corrected chi connectivity index (χ0v) is 20.5. The van der Waals surface area contributed by atoms with Gasteiger partial charge in [0.15, 0.2) is 5.78 Å². The number of benzene rings is 1. The lowest BCUT2D eigenvalue weighted by Gasteiger charge is -2.33. The lowest BCUT2D eigenvalue weighted by molar-refractivity contribution is -0.136. The maximum absolute atomic E-state index is 15.6. The van der Waals surface area contributed by atoms with E-state index in [0.29, 0.717) is 24.9 Å². The van der Waals surface area contributed by atoms with Crippen LogP contribution < -0.4 is 5.32 Å². The largest absolute Gasteiger partial charge is 0.342 e. The minimum Gasteiger partial charge on any atom is -0.342 e. The lowest BCUT2D eigenvalue weighted by atomic mass is 9.80. The van der Waals surface area contributed by atoms with E-state index < -0.39 is 41.9 Å². The molecule has 0 bridgehead atoms. The average molecular weight is 493 g/mol. The Morgan fingerprint density at radius 3 is 2.37 bits per heavy atom. The molecule has 1 aliphatic heterocycles. The number of Topliss-reactive ketones (excluding diaryl/α,β-unsaturated/α-hetero) is 1. The molecule has 2 amide bonds. The molecule has 1 heterocycles. The minimum atomic E-state index is -2.93. The molecule has 1 aromatic carbocycles. The summed E-state index contributed by atoms with van der Waals surface area (Å²) in [5.41, 5.74) is 0.180. The Morgan fingerprint density at radius 2 is 1.74 bits per heavy atom. The molecule has 1 aromatic rings. The standard InChI is InChI=1S/C27H35F3N2O3/c1-16(2)24(33)23(17-8-4-3-5-9-17)31-25(34)20-12-6-11-19(22(20)28)18-10-7-13-32(15-18)26(35)21-14-27(21,29)30/h6,11-12,16-18,21,23H,3-5,7-10,13-15H2,1-2H3,(H,31,34)/t18?,21-,23-/m1/s1. The molecule has 2 aliphatic carbocycles. The van der Waals surface area contributed by atoms with Crippen LogP contribution in [-0.4, -0.2) is 47.6 Å². The third kappa shape index (κ3) is 5.56. The SMILES string of the molecule is CC(C)C(=O)[C@H](NC(=O)c1cccc(C2CCCN(C(=O)[C@H]3CC3(F)F)C2)c1F)C1CCCCC1. The second-order valence-electron chi connectivity index (χ2n) is 10.8. The molecule has 2 saturated carbocycles. The molecule has 0 aromatic heterocycles. The normalized spacial score (nSPS) is 25.3. The van der Waals surface area contributed by atoms with Gasteiger partial charge in [-0.05, 0) is 43.2 Å². The number of alkyl halides is 2. The number of piperidine rings is 1. The summed E-state index contributed by atoms with van der Waals surface area (Å²) in [7, 11) is 0. The zero-order valence-electron chi connectivity index (χ0n) is 20.5. The Kier molecular flexibility index (Phi) is 7.57. The third-order valence-corrected chi connectivity index (χ3v) is 7.85. The fraction of sp³-hybridized carbons (Fsp3) is 0.667. The van der Waals surface area contributed by atoms with Crippen LogP contribution >= 0.6 is 0 Å². The van der Waals surface area contributed by atoms with Crippen molar-refractivity contribution >= 4 is 17.6 Å². The minimum absolute atomic E-state index is 0.0416. The first-order valence-electron chi connectivity index (χ1n) is 12.9. The number of carbonyl (C=O) groups is 3. The predicted molar refractivity (Wildman–Crippen MR) is 126 cm³/mol. The molecule has 1 N–H and O–H groups in total. The molecule has 5 nitrogen and oxygen atoms in total. The zero-order chi connectivity index (χ0) is 25.3. The van der Waals surface area contributed by atoms with Crippen LogP contribution in [0.15, 0.2) is 18.2 Å². The van der Waals surface area contributed by atoms with E-state index in [4.69, 9.17) is 0 Å². The summed E-state index contributed by atoms with van der Waals surface area (Å²) in [6.45, 7) is 4.15. The maximum atomic E-state index is 15.6. The van der Waals surface area contributed by atoms with Gasteiger partial charge >= 0.3 is 0 Å². The number of nitrogens with one attached hydrogen (secondary N) is 1. The molecule has 3 fully saturated rings. The third-order valence-electron chi connectivity index (χ3n) is 7.85. The molecular formula is C27H35F3N2O3. The van der Waals surface area contributed by atoms with Crippen molar-refractivity contribution < 1.29 is 27.6 Å². The lowest BCUT2D eigenvalue weighted by Crippen LogP contribution is -2.48. The first kappa shape index (κ1) is 25.7. The number of likely N-dealkylation sites (tertiary alicyclic amines) is 1. The van der Waals surface area contributed by atoms with E-state index in [9.17, 15) is 23.2 Å². The van der Waals surface area contributed by atoms with E-state index in [2.05, 4.69) is 5.32 Å². The van der Waals surface area contributed by atoms with Crippen molar-refractivity contribution in [3.63, 3.8) is 0 Å². The van der Waals surface area contributed by atoms with Gasteiger partial charge in [-0.15, -0.1) is 0 Å². The molecule has 1 unspecified atom stereocenters. The number of halogens is 3. The van der Waals surface area contributed by atoms with E-state index in [0.717, 1.165) is 32.1 Å². The molecular weight excluding hydrogens is 457 g/mol. The van der Waals surface area contributed by atoms with E-state index in [1.54, 1.807) is 26.0 Å². The summed E-state index contributed by atoms with van der Waals surface area (Å²) >= 11 is 0. The number of rotatable bonds is 7. The predicted octanol–water partition coefficient (Wildman–Crippen LogP) is 5.09. The highest BCUT2D eigenvalue weighted by atomic mass is 19.3. The highest BCUT2D eigenvalue weighted by Crippen LogP contribution is 2.50. The highest BCUT2D eigenvalue weighted by Gasteiger charge is 2.62. The quantitative estimate of drug-likeness (QED) is 0.577. The van der Waals surface area contributed by atoms with Crippen LogP contribution in [0.4, 0.5) is 13.2 Å². The van der Waals surface area contributed by atoms with Crippen LogP contribution in [0, 0.1) is 23.6 Å². The van der Waals surface area contributed by atoms with Gasteiger partial charge in [0, 0.05) is 31.3 Å². The van der Waals surface area contributed by atoms with Crippen molar-refractivity contribution in [2.45, 2.75) is 83.1 Å². The van der Waals surface area contributed by atoms with Gasteiger partial charge in [0.05, 0.1) is 11.6 Å². The van der Waals surface area contributed by atoms with E-state index in [1.807, 2.05) is 0 Å². The van der Waals surface area contributed by atoms with Crippen molar-refractivity contribution in [3.05, 3.63) is 35.1 Å². The Hall–Kier alpha value is -2.38. The molecule has 0 radical (unpaired) electrons. The summed E-state index contributed by atoms with van der Waals surface area (Å²) in [5.74, 6) is -6.67. The van der Waals surface area contributed by atoms with Crippen LogP contribution in [0.25, 0.3) is 0 Å². The molecule has 3 aliphatic rings. The van der Waals surface area contributed by atoms with Crippen LogP contribution in [0.3, 0.4) is 0 Å². The van der Waals surface area contributed by atoms with Gasteiger partial charge in [-0.2, -0.15) is 0 Å². The van der Waals surface area contributed by atoms with Gasteiger partial charge in [-0.3, -0.25) is 14.4 Å². The van der Waals surface area contributed by atoms with Crippen molar-refractivity contribution in [1.29, 1.82) is 0 Å². The first-order chi connectivity index (χ1) is 16.6. The Bertz CT molecular complexity index is 974. The number of ketones is 1. The van der Waals surface area contributed by atoms with Gasteiger partial charge in [-0.1, -0.05) is 45.2 Å². The summed E-state index contributed by atoms with van der Waals surface area (Å²) < 4.78 is 42.4. The van der Waals surface area contributed by atoms with Gasteiger partial charge < -0.3 is 10.2 Å². The summed E-state index contributed by atoms with van der Waals surface area (Å²) in [6, 6.07) is 3.95. The molecule has 1 saturated heterocycles. The Labute approximate surface area is 204 Å². The van der Waals surface area contributed by atoms with Gasteiger partial charge in [0.25, 0.3) is 11.8 Å². The number of nitrogens with zero attached hydrogens (tertiary/aromatic N) is 1. The van der Waals surface area contributed by atoms with Crippen molar-refractivity contribution in [1.82, 2.24) is 10.2 Å². The van der Waals surface area contributed by atoms with Crippen molar-refractivity contribution in [3.8, 4) is 0 Å². The van der Waals surface area contributed by atoms with Crippen molar-refractivity contribution in [2.24, 2.45) is 17.8 Å².